The van der Waals surface area contributed by atoms with E-state index in [1.54, 1.807) is 6.33 Å². The highest BCUT2D eigenvalue weighted by molar-refractivity contribution is 5.15. The van der Waals surface area contributed by atoms with Crippen LogP contribution in [0.25, 0.3) is 0 Å². The number of aromatic nitrogens is 3. The van der Waals surface area contributed by atoms with Gasteiger partial charge < -0.3 is 5.32 Å². The first kappa shape index (κ1) is 12.8. The minimum Gasteiger partial charge on any atom is -0.307 e. The molecule has 18 heavy (non-hydrogen) atoms. The molecule has 1 unspecified atom stereocenters. The molecule has 0 fully saturated rings. The molecule has 4 heteroatoms. The van der Waals surface area contributed by atoms with Crippen LogP contribution in [0.4, 0.5) is 0 Å². The maximum absolute atomic E-state index is 4.26. The lowest BCUT2D eigenvalue weighted by atomic mass is 10.1. The summed E-state index contributed by atoms with van der Waals surface area (Å²) in [5, 5.41) is 7.65. The summed E-state index contributed by atoms with van der Waals surface area (Å²) in [7, 11) is 0. The lowest BCUT2D eigenvalue weighted by Gasteiger charge is -2.13. The van der Waals surface area contributed by atoms with Gasteiger partial charge in [0, 0.05) is 12.6 Å². The maximum Gasteiger partial charge on any atom is 0.140 e. The molecule has 2 rings (SSSR count). The maximum atomic E-state index is 4.26. The average molecular weight is 244 g/mol. The van der Waals surface area contributed by atoms with E-state index < -0.39 is 0 Å². The summed E-state index contributed by atoms with van der Waals surface area (Å²) in [6, 6.07) is 10.9. The molecular weight excluding hydrogens is 224 g/mol. The summed E-state index contributed by atoms with van der Waals surface area (Å²) in [4.78, 5) is 4.26. The lowest BCUT2D eigenvalue weighted by Crippen LogP contribution is -2.29. The molecular formula is C14H20N4. The van der Waals surface area contributed by atoms with Crippen molar-refractivity contribution in [2.45, 2.75) is 39.4 Å². The van der Waals surface area contributed by atoms with Gasteiger partial charge >= 0.3 is 0 Å². The molecule has 0 spiro atoms. The van der Waals surface area contributed by atoms with Gasteiger partial charge in [-0.2, -0.15) is 5.10 Å². The van der Waals surface area contributed by atoms with Crippen molar-refractivity contribution >= 4 is 0 Å². The monoisotopic (exact) mass is 244 g/mol. The number of rotatable bonds is 6. The standard InChI is InChI=1S/C14H20N4/c1-3-18-14(16-11-17-18)10-15-12(2)9-13-7-5-4-6-8-13/h4-8,11-12,15H,3,9-10H2,1-2H3. The SMILES string of the molecule is CCn1ncnc1CNC(C)Cc1ccccc1. The molecule has 2 aromatic rings. The van der Waals surface area contributed by atoms with Crippen molar-refractivity contribution in [3.63, 3.8) is 0 Å². The van der Waals surface area contributed by atoms with Crippen molar-refractivity contribution in [1.29, 1.82) is 0 Å². The highest BCUT2D eigenvalue weighted by Crippen LogP contribution is 2.03. The number of hydrogen-bond donors (Lipinski definition) is 1. The molecule has 1 heterocycles. The zero-order valence-corrected chi connectivity index (χ0v) is 11.0. The molecule has 0 aliphatic rings. The average Bonchev–Trinajstić information content (AvgIpc) is 2.85. The van der Waals surface area contributed by atoms with Crippen LogP contribution in [0.5, 0.6) is 0 Å². The molecule has 4 nitrogen and oxygen atoms in total. The van der Waals surface area contributed by atoms with Gasteiger partial charge in [-0.15, -0.1) is 0 Å². The van der Waals surface area contributed by atoms with Crippen LogP contribution in [0.15, 0.2) is 36.7 Å². The zero-order chi connectivity index (χ0) is 12.8. The van der Waals surface area contributed by atoms with Crippen LogP contribution < -0.4 is 5.32 Å². The molecule has 0 saturated carbocycles. The molecule has 0 aliphatic carbocycles. The van der Waals surface area contributed by atoms with Gasteiger partial charge in [-0.3, -0.25) is 0 Å². The predicted molar refractivity (Wildman–Crippen MR) is 72.1 cm³/mol. The van der Waals surface area contributed by atoms with E-state index in [0.29, 0.717) is 6.04 Å². The number of aryl methyl sites for hydroxylation is 1. The topological polar surface area (TPSA) is 42.7 Å². The Morgan fingerprint density at radius 2 is 2.06 bits per heavy atom. The normalized spacial score (nSPS) is 12.6. The van der Waals surface area contributed by atoms with E-state index in [-0.39, 0.29) is 0 Å². The Bertz CT molecular complexity index is 464. The molecule has 1 N–H and O–H groups in total. The van der Waals surface area contributed by atoms with E-state index in [0.717, 1.165) is 25.3 Å². The van der Waals surface area contributed by atoms with E-state index in [1.165, 1.54) is 5.56 Å². The minimum atomic E-state index is 0.425. The second-order valence-electron chi connectivity index (χ2n) is 4.46. The number of benzene rings is 1. The van der Waals surface area contributed by atoms with Gasteiger partial charge in [0.05, 0.1) is 6.54 Å². The third-order valence-corrected chi connectivity index (χ3v) is 2.99. The smallest absolute Gasteiger partial charge is 0.140 e. The molecule has 1 aromatic heterocycles. The minimum absolute atomic E-state index is 0.425. The first-order valence-electron chi connectivity index (χ1n) is 6.43. The van der Waals surface area contributed by atoms with Gasteiger partial charge in [-0.05, 0) is 25.8 Å². The number of nitrogens with one attached hydrogen (secondary N) is 1. The van der Waals surface area contributed by atoms with Gasteiger partial charge in [-0.1, -0.05) is 30.3 Å². The molecule has 0 aliphatic heterocycles. The van der Waals surface area contributed by atoms with Gasteiger partial charge in [0.25, 0.3) is 0 Å². The highest BCUT2D eigenvalue weighted by atomic mass is 15.3. The summed E-state index contributed by atoms with van der Waals surface area (Å²) in [5.41, 5.74) is 1.36. The second-order valence-corrected chi connectivity index (χ2v) is 4.46. The van der Waals surface area contributed by atoms with Gasteiger partial charge in [0.1, 0.15) is 12.2 Å². The summed E-state index contributed by atoms with van der Waals surface area (Å²) in [5.74, 6) is 0.998. The molecule has 1 atom stereocenters. The van der Waals surface area contributed by atoms with Gasteiger partial charge in [0.2, 0.25) is 0 Å². The van der Waals surface area contributed by atoms with Crippen LogP contribution >= 0.6 is 0 Å². The Labute approximate surface area is 108 Å². The first-order chi connectivity index (χ1) is 8.79. The summed E-state index contributed by atoms with van der Waals surface area (Å²) < 4.78 is 1.92. The summed E-state index contributed by atoms with van der Waals surface area (Å²) in [6.07, 6.45) is 2.64. The van der Waals surface area contributed by atoms with E-state index >= 15 is 0 Å². The van der Waals surface area contributed by atoms with Crippen LogP contribution in [-0.2, 0) is 19.5 Å². The predicted octanol–water partition coefficient (Wildman–Crippen LogP) is 2.02. The highest BCUT2D eigenvalue weighted by Gasteiger charge is 2.06. The van der Waals surface area contributed by atoms with E-state index in [4.69, 9.17) is 0 Å². The quantitative estimate of drug-likeness (QED) is 0.845. The Kier molecular flexibility index (Phi) is 4.47. The lowest BCUT2D eigenvalue weighted by molar-refractivity contribution is 0.507. The fraction of sp³-hybridized carbons (Fsp3) is 0.429. The van der Waals surface area contributed by atoms with E-state index in [1.807, 2.05) is 10.7 Å². The van der Waals surface area contributed by atoms with Crippen molar-refractivity contribution in [2.75, 3.05) is 0 Å². The third-order valence-electron chi connectivity index (χ3n) is 2.99. The van der Waals surface area contributed by atoms with E-state index in [2.05, 4.69) is 53.5 Å². The Morgan fingerprint density at radius 3 is 2.78 bits per heavy atom. The van der Waals surface area contributed by atoms with Crippen molar-refractivity contribution in [3.8, 4) is 0 Å². The van der Waals surface area contributed by atoms with Crippen LogP contribution in [0.3, 0.4) is 0 Å². The van der Waals surface area contributed by atoms with Crippen LogP contribution in [0.1, 0.15) is 25.2 Å². The molecule has 96 valence electrons. The van der Waals surface area contributed by atoms with Crippen molar-refractivity contribution in [1.82, 2.24) is 20.1 Å². The molecule has 0 saturated heterocycles. The van der Waals surface area contributed by atoms with Crippen molar-refractivity contribution < 1.29 is 0 Å². The zero-order valence-electron chi connectivity index (χ0n) is 11.0. The Hall–Kier alpha value is -1.68. The Balaban J connectivity index is 1.83. The number of nitrogens with zero attached hydrogens (tertiary/aromatic N) is 3. The van der Waals surface area contributed by atoms with Crippen molar-refractivity contribution in [3.05, 3.63) is 48.0 Å². The molecule has 1 aromatic carbocycles. The number of hydrogen-bond acceptors (Lipinski definition) is 3. The van der Waals surface area contributed by atoms with Crippen molar-refractivity contribution in [2.24, 2.45) is 0 Å². The first-order valence-corrected chi connectivity index (χ1v) is 6.43. The van der Waals surface area contributed by atoms with Gasteiger partial charge in [-0.25, -0.2) is 9.67 Å². The fourth-order valence-electron chi connectivity index (χ4n) is 1.99. The molecule has 0 amide bonds. The fourth-order valence-corrected chi connectivity index (χ4v) is 1.99. The Morgan fingerprint density at radius 1 is 1.28 bits per heavy atom. The second kappa shape index (κ2) is 6.31. The molecule has 0 radical (unpaired) electrons. The van der Waals surface area contributed by atoms with E-state index in [9.17, 15) is 0 Å². The van der Waals surface area contributed by atoms with Crippen LogP contribution in [-0.4, -0.2) is 20.8 Å². The van der Waals surface area contributed by atoms with Crippen LogP contribution in [0.2, 0.25) is 0 Å². The third kappa shape index (κ3) is 3.40. The summed E-state index contributed by atoms with van der Waals surface area (Å²) in [6.45, 7) is 5.90. The molecule has 0 bridgehead atoms. The van der Waals surface area contributed by atoms with Gasteiger partial charge in [0.15, 0.2) is 0 Å². The summed E-state index contributed by atoms with van der Waals surface area (Å²) >= 11 is 0. The van der Waals surface area contributed by atoms with Crippen LogP contribution in [0, 0.1) is 0 Å². The largest absolute Gasteiger partial charge is 0.307 e.